The van der Waals surface area contributed by atoms with Crippen molar-refractivity contribution in [3.63, 3.8) is 0 Å². The van der Waals surface area contributed by atoms with Gasteiger partial charge in [0, 0.05) is 24.6 Å². The van der Waals surface area contributed by atoms with Crippen LogP contribution >= 0.6 is 0 Å². The van der Waals surface area contributed by atoms with Crippen molar-refractivity contribution in [3.05, 3.63) is 65.6 Å². The zero-order valence-corrected chi connectivity index (χ0v) is 20.1. The normalized spacial score (nSPS) is 15.9. The van der Waals surface area contributed by atoms with Crippen molar-refractivity contribution < 1.29 is 35.5 Å². The van der Waals surface area contributed by atoms with Crippen LogP contribution in [0.4, 0.5) is 28.9 Å². The van der Waals surface area contributed by atoms with Crippen LogP contribution in [0.1, 0.15) is 30.4 Å². The molecule has 3 aromatic rings. The van der Waals surface area contributed by atoms with Crippen molar-refractivity contribution in [2.45, 2.75) is 36.8 Å². The third-order valence-corrected chi connectivity index (χ3v) is 7.60. The van der Waals surface area contributed by atoms with E-state index in [1.54, 1.807) is 6.07 Å². The third-order valence-electron chi connectivity index (χ3n) is 6.24. The number of carbonyl (C=O) groups is 1. The highest BCUT2D eigenvalue weighted by atomic mass is 32.2. The van der Waals surface area contributed by atoms with E-state index in [0.717, 1.165) is 35.4 Å². The zero-order valence-electron chi connectivity index (χ0n) is 19.3. The Balaban J connectivity index is 1.69. The highest BCUT2D eigenvalue weighted by molar-refractivity contribution is 7.92. The molecule has 0 bridgehead atoms. The van der Waals surface area contributed by atoms with Crippen LogP contribution in [-0.4, -0.2) is 32.5 Å². The second-order valence-corrected chi connectivity index (χ2v) is 10.4. The Morgan fingerprint density at radius 1 is 1.03 bits per heavy atom. The van der Waals surface area contributed by atoms with Gasteiger partial charge in [-0.2, -0.15) is 17.6 Å². The van der Waals surface area contributed by atoms with Gasteiger partial charge in [0.2, 0.25) is 11.9 Å². The lowest BCUT2D eigenvalue weighted by Gasteiger charge is -2.26. The Morgan fingerprint density at radius 2 is 1.84 bits per heavy atom. The summed E-state index contributed by atoms with van der Waals surface area (Å²) >= 11 is 0. The van der Waals surface area contributed by atoms with E-state index in [0.29, 0.717) is 24.8 Å². The summed E-state index contributed by atoms with van der Waals surface area (Å²) in [4.78, 5) is 17.2. The number of benzene rings is 2. The van der Waals surface area contributed by atoms with E-state index in [2.05, 4.69) is 9.71 Å². The van der Waals surface area contributed by atoms with Crippen LogP contribution in [0.5, 0.6) is 5.75 Å². The molecule has 3 heterocycles. The van der Waals surface area contributed by atoms with Crippen LogP contribution in [0.2, 0.25) is 0 Å². The number of pyridine rings is 1. The Bertz CT molecular complexity index is 1490. The number of sulfonamides is 1. The molecule has 37 heavy (non-hydrogen) atoms. The molecule has 0 saturated carbocycles. The number of nitrogens with one attached hydrogen (secondary N) is 1. The van der Waals surface area contributed by atoms with Crippen molar-refractivity contribution >= 4 is 27.3 Å². The molecule has 12 heteroatoms. The summed E-state index contributed by atoms with van der Waals surface area (Å²) < 4.78 is 91.0. The lowest BCUT2D eigenvalue weighted by Crippen LogP contribution is -2.27. The Hall–Kier alpha value is -3.67. The number of nitrogens with zero attached hydrogens (tertiary/aromatic N) is 2. The molecular formula is C25H21F4N3O4S. The number of halogens is 4. The SMILES string of the molecule is O=C1CCCN1c1c(NS(=O)(=O)c2ccc3c(c2)OCCC3)ccc(C(F)(F)F)c1-c1cccc(F)n1. The van der Waals surface area contributed by atoms with Gasteiger partial charge < -0.3 is 9.64 Å². The summed E-state index contributed by atoms with van der Waals surface area (Å²) in [6.45, 7) is 0.498. The number of ether oxygens (including phenoxy) is 1. The fourth-order valence-electron chi connectivity index (χ4n) is 4.57. The standard InChI is InChI=1S/C25H21F4N3O4S/c26-21-6-1-5-18(30-21)23-17(25(27,28)29)10-11-19(24(23)32-12-2-7-22(32)33)31-37(34,35)16-9-8-15-4-3-13-36-20(15)14-16/h1,5-6,8-11,14,31H,2-4,7,12-13H2. The van der Waals surface area contributed by atoms with E-state index in [9.17, 15) is 30.8 Å². The molecule has 0 unspecified atom stereocenters. The zero-order chi connectivity index (χ0) is 26.4. The maximum absolute atomic E-state index is 14.1. The molecular weight excluding hydrogens is 514 g/mol. The van der Waals surface area contributed by atoms with E-state index >= 15 is 0 Å². The summed E-state index contributed by atoms with van der Waals surface area (Å²) in [6.07, 6.45) is -2.94. The number of amides is 1. The molecule has 0 aliphatic carbocycles. The predicted molar refractivity (Wildman–Crippen MR) is 127 cm³/mol. The Kier molecular flexibility index (Phi) is 6.30. The van der Waals surface area contributed by atoms with Crippen molar-refractivity contribution in [1.82, 2.24) is 4.98 Å². The van der Waals surface area contributed by atoms with Crippen LogP contribution in [0.3, 0.4) is 0 Å². The van der Waals surface area contributed by atoms with Crippen molar-refractivity contribution in [2.75, 3.05) is 22.8 Å². The van der Waals surface area contributed by atoms with E-state index in [1.165, 1.54) is 24.3 Å². The first-order chi connectivity index (χ1) is 17.5. The van der Waals surface area contributed by atoms with Crippen LogP contribution in [-0.2, 0) is 27.4 Å². The van der Waals surface area contributed by atoms with Crippen LogP contribution in [0, 0.1) is 5.95 Å². The highest BCUT2D eigenvalue weighted by Crippen LogP contribution is 2.47. The lowest BCUT2D eigenvalue weighted by molar-refractivity contribution is -0.137. The molecule has 5 rings (SSSR count). The maximum atomic E-state index is 14.1. The largest absolute Gasteiger partial charge is 0.493 e. The molecule has 2 aromatic carbocycles. The van der Waals surface area contributed by atoms with Crippen LogP contribution in [0.25, 0.3) is 11.3 Å². The fourth-order valence-corrected chi connectivity index (χ4v) is 5.65. The number of alkyl halides is 3. The minimum Gasteiger partial charge on any atom is -0.493 e. The van der Waals surface area contributed by atoms with Crippen molar-refractivity contribution in [3.8, 4) is 17.0 Å². The number of hydrogen-bond donors (Lipinski definition) is 1. The summed E-state index contributed by atoms with van der Waals surface area (Å²) in [5.41, 5.74) is -1.88. The monoisotopic (exact) mass is 535 g/mol. The van der Waals surface area contributed by atoms with Gasteiger partial charge >= 0.3 is 6.18 Å². The van der Waals surface area contributed by atoms with Gasteiger partial charge in [-0.3, -0.25) is 9.52 Å². The maximum Gasteiger partial charge on any atom is 0.417 e. The number of aryl methyl sites for hydroxylation is 1. The number of anilines is 2. The molecule has 0 radical (unpaired) electrons. The fraction of sp³-hybridized carbons (Fsp3) is 0.280. The summed E-state index contributed by atoms with van der Waals surface area (Å²) in [6, 6.07) is 9.37. The van der Waals surface area contributed by atoms with E-state index in [-0.39, 0.29) is 34.9 Å². The number of aromatic nitrogens is 1. The quantitative estimate of drug-likeness (QED) is 0.360. The average Bonchev–Trinajstić information content (AvgIpc) is 3.27. The Morgan fingerprint density at radius 3 is 2.54 bits per heavy atom. The van der Waals surface area contributed by atoms with Crippen molar-refractivity contribution in [2.24, 2.45) is 0 Å². The molecule has 2 aliphatic rings. The third kappa shape index (κ3) is 4.85. The van der Waals surface area contributed by atoms with E-state index < -0.39 is 39.2 Å². The minimum atomic E-state index is -4.89. The predicted octanol–water partition coefficient (Wildman–Crippen LogP) is 5.16. The van der Waals surface area contributed by atoms with Gasteiger partial charge in [0.1, 0.15) is 5.75 Å². The summed E-state index contributed by atoms with van der Waals surface area (Å²) in [5.74, 6) is -1.09. The van der Waals surface area contributed by atoms with E-state index in [4.69, 9.17) is 4.74 Å². The van der Waals surface area contributed by atoms with Gasteiger partial charge in [-0.05, 0) is 55.2 Å². The van der Waals surface area contributed by atoms with Gasteiger partial charge in [-0.15, -0.1) is 0 Å². The number of carbonyl (C=O) groups excluding carboxylic acids is 1. The lowest BCUT2D eigenvalue weighted by atomic mass is 9.98. The van der Waals surface area contributed by atoms with Gasteiger partial charge in [-0.25, -0.2) is 13.4 Å². The first-order valence-electron chi connectivity index (χ1n) is 11.5. The van der Waals surface area contributed by atoms with E-state index in [1.807, 2.05) is 0 Å². The van der Waals surface area contributed by atoms with Gasteiger partial charge in [0.15, 0.2) is 0 Å². The molecule has 194 valence electrons. The molecule has 1 N–H and O–H groups in total. The molecule has 7 nitrogen and oxygen atoms in total. The number of rotatable bonds is 5. The molecule has 1 saturated heterocycles. The van der Waals surface area contributed by atoms with Crippen LogP contribution < -0.4 is 14.4 Å². The van der Waals surface area contributed by atoms with Gasteiger partial charge in [-0.1, -0.05) is 12.1 Å². The van der Waals surface area contributed by atoms with Crippen LogP contribution in [0.15, 0.2) is 53.4 Å². The minimum absolute atomic E-state index is 0.0594. The molecule has 1 amide bonds. The second kappa shape index (κ2) is 9.33. The van der Waals surface area contributed by atoms with Gasteiger partial charge in [0.25, 0.3) is 10.0 Å². The summed E-state index contributed by atoms with van der Waals surface area (Å²) in [5, 5.41) is 0. The van der Waals surface area contributed by atoms with Gasteiger partial charge in [0.05, 0.1) is 34.1 Å². The molecule has 0 spiro atoms. The molecule has 2 aliphatic heterocycles. The van der Waals surface area contributed by atoms with Crippen molar-refractivity contribution in [1.29, 1.82) is 0 Å². The molecule has 0 atom stereocenters. The average molecular weight is 536 g/mol. The number of hydrogen-bond acceptors (Lipinski definition) is 5. The first kappa shape index (κ1) is 25.0. The smallest absolute Gasteiger partial charge is 0.417 e. The second-order valence-electron chi connectivity index (χ2n) is 8.70. The topological polar surface area (TPSA) is 88.6 Å². The molecule has 1 fully saturated rings. The Labute approximate surface area is 210 Å². The highest BCUT2D eigenvalue weighted by Gasteiger charge is 2.39. The summed E-state index contributed by atoms with van der Waals surface area (Å²) in [7, 11) is -4.32. The molecule has 1 aromatic heterocycles. The number of fused-ring (bicyclic) bond motifs is 1. The first-order valence-corrected chi connectivity index (χ1v) is 13.0.